The van der Waals surface area contributed by atoms with E-state index in [-0.39, 0.29) is 5.82 Å². The third-order valence-electron chi connectivity index (χ3n) is 5.30. The highest BCUT2D eigenvalue weighted by Gasteiger charge is 2.20. The molecule has 4 aromatic rings. The summed E-state index contributed by atoms with van der Waals surface area (Å²) in [6.07, 6.45) is 4.33. The van der Waals surface area contributed by atoms with Crippen molar-refractivity contribution in [3.8, 4) is 11.3 Å². The fraction of sp³-hybridized carbons (Fsp3) is 0.217. The van der Waals surface area contributed by atoms with E-state index in [0.29, 0.717) is 0 Å². The van der Waals surface area contributed by atoms with Gasteiger partial charge in [-0.3, -0.25) is 0 Å². The van der Waals surface area contributed by atoms with Gasteiger partial charge < -0.3 is 5.32 Å². The van der Waals surface area contributed by atoms with E-state index in [1.807, 2.05) is 34.8 Å². The molecule has 0 saturated heterocycles. The monoisotopic (exact) mass is 372 g/mol. The number of fused-ring (bicyclic) bond motifs is 2. The molecule has 0 bridgehead atoms. The molecular formula is C23H21FN4. The third-order valence-corrected chi connectivity index (χ3v) is 5.30. The molecule has 0 fully saturated rings. The molecule has 5 rings (SSSR count). The summed E-state index contributed by atoms with van der Waals surface area (Å²) < 4.78 is 15.6. The van der Waals surface area contributed by atoms with Crippen molar-refractivity contribution in [2.75, 3.05) is 5.32 Å². The predicted molar refractivity (Wildman–Crippen MR) is 109 cm³/mol. The van der Waals surface area contributed by atoms with E-state index in [1.54, 1.807) is 6.07 Å². The lowest BCUT2D eigenvalue weighted by molar-refractivity contribution is 0.628. The summed E-state index contributed by atoms with van der Waals surface area (Å²) in [5, 5.41) is 8.36. The van der Waals surface area contributed by atoms with Crippen LogP contribution in [0.4, 0.5) is 10.2 Å². The molecule has 0 amide bonds. The minimum absolute atomic E-state index is 0.260. The summed E-state index contributed by atoms with van der Waals surface area (Å²) in [6, 6.07) is 18.8. The minimum Gasteiger partial charge on any atom is -0.366 e. The number of halogens is 1. The molecule has 140 valence electrons. The largest absolute Gasteiger partial charge is 0.366 e. The van der Waals surface area contributed by atoms with Gasteiger partial charge in [-0.1, -0.05) is 42.5 Å². The van der Waals surface area contributed by atoms with Crippen LogP contribution in [0.25, 0.3) is 16.9 Å². The summed E-state index contributed by atoms with van der Waals surface area (Å²) >= 11 is 0. The van der Waals surface area contributed by atoms with Crippen molar-refractivity contribution in [1.29, 1.82) is 0 Å². The Bertz CT molecular complexity index is 1130. The Morgan fingerprint density at radius 2 is 1.82 bits per heavy atom. The first kappa shape index (κ1) is 16.9. The zero-order valence-electron chi connectivity index (χ0n) is 15.5. The van der Waals surface area contributed by atoms with Gasteiger partial charge in [0, 0.05) is 29.4 Å². The van der Waals surface area contributed by atoms with Crippen molar-refractivity contribution in [3.63, 3.8) is 0 Å². The fourth-order valence-electron chi connectivity index (χ4n) is 3.90. The van der Waals surface area contributed by atoms with Crippen molar-refractivity contribution < 1.29 is 4.39 Å². The molecular weight excluding hydrogens is 351 g/mol. The Labute approximate surface area is 163 Å². The smallest absolute Gasteiger partial charge is 0.158 e. The van der Waals surface area contributed by atoms with E-state index in [1.165, 1.54) is 29.7 Å². The SMILES string of the molecule is Fc1cccc(-c2cc3nc4c(c(NCc5ccccc5)n3n2)CCCC4)c1. The van der Waals surface area contributed by atoms with Crippen LogP contribution in [0.5, 0.6) is 0 Å². The molecule has 1 aliphatic carbocycles. The third kappa shape index (κ3) is 3.13. The highest BCUT2D eigenvalue weighted by Crippen LogP contribution is 2.30. The second kappa shape index (κ2) is 7.08. The maximum Gasteiger partial charge on any atom is 0.158 e. The van der Waals surface area contributed by atoms with Crippen LogP contribution in [0.15, 0.2) is 60.7 Å². The maximum atomic E-state index is 13.7. The fourth-order valence-corrected chi connectivity index (χ4v) is 3.90. The van der Waals surface area contributed by atoms with Crippen molar-refractivity contribution in [3.05, 3.63) is 83.3 Å². The van der Waals surface area contributed by atoms with Crippen LogP contribution in [0, 0.1) is 5.82 Å². The summed E-state index contributed by atoms with van der Waals surface area (Å²) in [6.45, 7) is 0.724. The first-order valence-corrected chi connectivity index (χ1v) is 9.73. The van der Waals surface area contributed by atoms with Crippen molar-refractivity contribution in [1.82, 2.24) is 14.6 Å². The lowest BCUT2D eigenvalue weighted by Crippen LogP contribution is -2.15. The van der Waals surface area contributed by atoms with Crippen LogP contribution in [0.2, 0.25) is 0 Å². The molecule has 2 heterocycles. The van der Waals surface area contributed by atoms with Crippen LogP contribution in [-0.4, -0.2) is 14.6 Å². The lowest BCUT2D eigenvalue weighted by atomic mass is 9.96. The molecule has 2 aromatic carbocycles. The first-order chi connectivity index (χ1) is 13.8. The molecule has 0 radical (unpaired) electrons. The molecule has 0 aliphatic heterocycles. The molecule has 0 saturated carbocycles. The maximum absolute atomic E-state index is 13.7. The standard InChI is InChI=1S/C23H21FN4/c24-18-10-6-9-17(13-18)21-14-22-26-20-12-5-4-11-19(20)23(28(22)27-21)25-15-16-7-2-1-3-8-16/h1-3,6-10,13-14,25H,4-5,11-12,15H2. The van der Waals surface area contributed by atoms with Gasteiger partial charge in [-0.15, -0.1) is 0 Å². The average molecular weight is 372 g/mol. The van der Waals surface area contributed by atoms with Gasteiger partial charge in [0.2, 0.25) is 0 Å². The zero-order valence-corrected chi connectivity index (χ0v) is 15.5. The van der Waals surface area contributed by atoms with Gasteiger partial charge in [-0.05, 0) is 43.4 Å². The number of nitrogens with zero attached hydrogens (tertiary/aromatic N) is 3. The normalized spacial score (nSPS) is 13.5. The van der Waals surface area contributed by atoms with Crippen LogP contribution in [0.3, 0.4) is 0 Å². The van der Waals surface area contributed by atoms with E-state index in [2.05, 4.69) is 17.4 Å². The second-order valence-electron chi connectivity index (χ2n) is 7.24. The van der Waals surface area contributed by atoms with Gasteiger partial charge in [0.05, 0.1) is 5.69 Å². The van der Waals surface area contributed by atoms with Gasteiger partial charge in [-0.25, -0.2) is 9.37 Å². The first-order valence-electron chi connectivity index (χ1n) is 9.73. The molecule has 1 aliphatic rings. The van der Waals surface area contributed by atoms with Gasteiger partial charge in [0.1, 0.15) is 11.6 Å². The van der Waals surface area contributed by atoms with Crippen molar-refractivity contribution >= 4 is 11.5 Å². The highest BCUT2D eigenvalue weighted by molar-refractivity contribution is 5.67. The number of hydrogen-bond acceptors (Lipinski definition) is 3. The van der Waals surface area contributed by atoms with Crippen molar-refractivity contribution in [2.45, 2.75) is 32.2 Å². The molecule has 1 N–H and O–H groups in total. The van der Waals surface area contributed by atoms with E-state index < -0.39 is 0 Å². The van der Waals surface area contributed by atoms with Crippen LogP contribution < -0.4 is 5.32 Å². The van der Waals surface area contributed by atoms with Gasteiger partial charge in [-0.2, -0.15) is 9.61 Å². The number of hydrogen-bond donors (Lipinski definition) is 1. The summed E-state index contributed by atoms with van der Waals surface area (Å²) in [5.41, 5.74) is 5.92. The minimum atomic E-state index is -0.260. The Hall–Kier alpha value is -3.21. The molecule has 0 unspecified atom stereocenters. The number of benzene rings is 2. The molecule has 0 atom stereocenters. The summed E-state index contributed by atoms with van der Waals surface area (Å²) in [5.74, 6) is 0.746. The Morgan fingerprint density at radius 3 is 2.68 bits per heavy atom. The Kier molecular flexibility index (Phi) is 4.28. The Balaban J connectivity index is 1.61. The quantitative estimate of drug-likeness (QED) is 0.546. The predicted octanol–water partition coefficient (Wildman–Crippen LogP) is 5.03. The van der Waals surface area contributed by atoms with Gasteiger partial charge in [0.25, 0.3) is 0 Å². The number of aromatic nitrogens is 3. The van der Waals surface area contributed by atoms with E-state index in [4.69, 9.17) is 10.1 Å². The molecule has 5 heteroatoms. The molecule has 2 aromatic heterocycles. The van der Waals surface area contributed by atoms with Crippen molar-refractivity contribution in [2.24, 2.45) is 0 Å². The number of nitrogens with one attached hydrogen (secondary N) is 1. The van der Waals surface area contributed by atoms with Crippen LogP contribution >= 0.6 is 0 Å². The van der Waals surface area contributed by atoms with Gasteiger partial charge in [0.15, 0.2) is 5.65 Å². The summed E-state index contributed by atoms with van der Waals surface area (Å²) in [7, 11) is 0. The average Bonchev–Trinajstić information content (AvgIpc) is 3.16. The molecule has 4 nitrogen and oxygen atoms in total. The van der Waals surface area contributed by atoms with E-state index in [9.17, 15) is 4.39 Å². The second-order valence-corrected chi connectivity index (χ2v) is 7.24. The number of aryl methyl sites for hydroxylation is 1. The Morgan fingerprint density at radius 1 is 0.964 bits per heavy atom. The molecule has 28 heavy (non-hydrogen) atoms. The van der Waals surface area contributed by atoms with Crippen LogP contribution in [0.1, 0.15) is 29.7 Å². The highest BCUT2D eigenvalue weighted by atomic mass is 19.1. The summed E-state index contributed by atoms with van der Waals surface area (Å²) in [4.78, 5) is 4.87. The topological polar surface area (TPSA) is 42.2 Å². The lowest BCUT2D eigenvalue weighted by Gasteiger charge is -2.20. The number of rotatable bonds is 4. The van der Waals surface area contributed by atoms with Gasteiger partial charge >= 0.3 is 0 Å². The van der Waals surface area contributed by atoms with E-state index in [0.717, 1.165) is 54.2 Å². The van der Waals surface area contributed by atoms with Crippen LogP contribution in [-0.2, 0) is 19.4 Å². The molecule has 0 spiro atoms. The zero-order chi connectivity index (χ0) is 18.9. The van der Waals surface area contributed by atoms with E-state index >= 15 is 0 Å². The number of anilines is 1.